The lowest BCUT2D eigenvalue weighted by molar-refractivity contribution is 0.327. The molecule has 1 unspecified atom stereocenters. The highest BCUT2D eigenvalue weighted by Gasteiger charge is 2.22. The highest BCUT2D eigenvalue weighted by atomic mass is 16.3. The van der Waals surface area contributed by atoms with Crippen molar-refractivity contribution in [2.75, 3.05) is 13.1 Å². The molecule has 2 rings (SSSR count). The van der Waals surface area contributed by atoms with E-state index in [0.717, 1.165) is 26.1 Å². The molecule has 1 aliphatic heterocycles. The van der Waals surface area contributed by atoms with Gasteiger partial charge in [-0.15, -0.1) is 0 Å². The van der Waals surface area contributed by atoms with Crippen molar-refractivity contribution in [3.63, 3.8) is 0 Å². The molecule has 0 aromatic heterocycles. The van der Waals surface area contributed by atoms with Crippen LogP contribution in [0.5, 0.6) is 0 Å². The van der Waals surface area contributed by atoms with E-state index in [9.17, 15) is 4.91 Å². The minimum Gasteiger partial charge on any atom is -0.297 e. The zero-order valence-corrected chi connectivity index (χ0v) is 8.10. The van der Waals surface area contributed by atoms with Gasteiger partial charge in [0.1, 0.15) is 6.04 Å². The van der Waals surface area contributed by atoms with Gasteiger partial charge in [0.05, 0.1) is 0 Å². The van der Waals surface area contributed by atoms with Crippen molar-refractivity contribution in [1.82, 2.24) is 4.90 Å². The summed E-state index contributed by atoms with van der Waals surface area (Å²) in [4.78, 5) is 12.6. The summed E-state index contributed by atoms with van der Waals surface area (Å²) in [5.74, 6) is 0. The van der Waals surface area contributed by atoms with E-state index >= 15 is 0 Å². The second-order valence-electron chi connectivity index (χ2n) is 3.77. The van der Waals surface area contributed by atoms with Crippen LogP contribution in [-0.4, -0.2) is 24.0 Å². The Balaban J connectivity index is 1.90. The molecule has 0 N–H and O–H groups in total. The third-order valence-corrected chi connectivity index (χ3v) is 2.65. The molecule has 74 valence electrons. The molecule has 1 atom stereocenters. The maximum absolute atomic E-state index is 10.3. The maximum atomic E-state index is 10.3. The Bertz CT molecular complexity index is 299. The van der Waals surface area contributed by atoms with E-state index in [1.807, 2.05) is 18.2 Å². The van der Waals surface area contributed by atoms with Crippen LogP contribution in [0.4, 0.5) is 0 Å². The molecule has 0 bridgehead atoms. The van der Waals surface area contributed by atoms with Gasteiger partial charge < -0.3 is 0 Å². The molecule has 1 fully saturated rings. The van der Waals surface area contributed by atoms with E-state index in [4.69, 9.17) is 0 Å². The Kier molecular flexibility index (Phi) is 2.89. The smallest absolute Gasteiger partial charge is 0.106 e. The van der Waals surface area contributed by atoms with Crippen LogP contribution >= 0.6 is 0 Å². The molecule has 3 nitrogen and oxygen atoms in total. The monoisotopic (exact) mass is 190 g/mol. The first-order valence-electron chi connectivity index (χ1n) is 4.97. The van der Waals surface area contributed by atoms with Gasteiger partial charge in [-0.1, -0.05) is 35.5 Å². The number of likely N-dealkylation sites (tertiary alicyclic amines) is 1. The molecule has 0 amide bonds. The first kappa shape index (κ1) is 9.34. The van der Waals surface area contributed by atoms with E-state index in [2.05, 4.69) is 22.2 Å². The quantitative estimate of drug-likeness (QED) is 0.683. The first-order valence-corrected chi connectivity index (χ1v) is 4.97. The second-order valence-corrected chi connectivity index (χ2v) is 3.77. The van der Waals surface area contributed by atoms with Gasteiger partial charge in [-0.05, 0) is 12.0 Å². The van der Waals surface area contributed by atoms with Gasteiger partial charge in [0.15, 0.2) is 0 Å². The fraction of sp³-hybridized carbons (Fsp3) is 0.455. The van der Waals surface area contributed by atoms with Crippen LogP contribution in [0.1, 0.15) is 12.0 Å². The van der Waals surface area contributed by atoms with Crippen LogP contribution < -0.4 is 0 Å². The molecule has 14 heavy (non-hydrogen) atoms. The Morgan fingerprint density at radius 2 is 2.14 bits per heavy atom. The maximum Gasteiger partial charge on any atom is 0.106 e. The Hall–Kier alpha value is -1.22. The standard InChI is InChI=1S/C11H14N2O/c14-12-11-6-7-13(9-11)8-10-4-2-1-3-5-10/h1-5,11H,6-9H2. The van der Waals surface area contributed by atoms with Crippen molar-refractivity contribution >= 4 is 0 Å². The Morgan fingerprint density at radius 1 is 1.36 bits per heavy atom. The largest absolute Gasteiger partial charge is 0.297 e. The lowest BCUT2D eigenvalue weighted by atomic mass is 10.2. The van der Waals surface area contributed by atoms with Crippen LogP contribution in [-0.2, 0) is 6.54 Å². The van der Waals surface area contributed by atoms with Crippen molar-refractivity contribution in [2.45, 2.75) is 19.0 Å². The molecule has 1 saturated heterocycles. The Morgan fingerprint density at radius 3 is 2.79 bits per heavy atom. The van der Waals surface area contributed by atoms with Crippen LogP contribution in [0.3, 0.4) is 0 Å². The number of benzene rings is 1. The number of hydrogen-bond acceptors (Lipinski definition) is 3. The Labute approximate surface area is 83.7 Å². The van der Waals surface area contributed by atoms with Gasteiger partial charge in [0.25, 0.3) is 0 Å². The first-order chi connectivity index (χ1) is 6.88. The SMILES string of the molecule is O=NC1CCN(Cc2ccccc2)C1. The normalized spacial score (nSPS) is 22.4. The van der Waals surface area contributed by atoms with Crippen molar-refractivity contribution in [3.8, 4) is 0 Å². The summed E-state index contributed by atoms with van der Waals surface area (Å²) in [7, 11) is 0. The molecule has 1 aromatic rings. The number of nitroso groups, excluding NO2 is 1. The molecule has 1 aromatic carbocycles. The van der Waals surface area contributed by atoms with Crippen LogP contribution in [0, 0.1) is 4.91 Å². The highest BCUT2D eigenvalue weighted by Crippen LogP contribution is 2.15. The van der Waals surface area contributed by atoms with E-state index in [0.29, 0.717) is 0 Å². The van der Waals surface area contributed by atoms with Gasteiger partial charge in [0, 0.05) is 19.6 Å². The second kappa shape index (κ2) is 4.33. The predicted octanol–water partition coefficient (Wildman–Crippen LogP) is 2.03. The van der Waals surface area contributed by atoms with E-state index < -0.39 is 0 Å². The minimum atomic E-state index is 0.0127. The average Bonchev–Trinajstić information content (AvgIpc) is 2.67. The lowest BCUT2D eigenvalue weighted by Crippen LogP contribution is -2.20. The van der Waals surface area contributed by atoms with Gasteiger partial charge in [-0.2, -0.15) is 4.91 Å². The zero-order valence-electron chi connectivity index (χ0n) is 8.10. The summed E-state index contributed by atoms with van der Waals surface area (Å²) >= 11 is 0. The minimum absolute atomic E-state index is 0.0127. The zero-order chi connectivity index (χ0) is 9.80. The molecule has 3 heteroatoms. The number of rotatable bonds is 3. The molecule has 1 aliphatic rings. The van der Waals surface area contributed by atoms with Crippen LogP contribution in [0.25, 0.3) is 0 Å². The molecule has 0 radical (unpaired) electrons. The van der Waals surface area contributed by atoms with Gasteiger partial charge in [0.2, 0.25) is 0 Å². The molecule has 1 heterocycles. The summed E-state index contributed by atoms with van der Waals surface area (Å²) in [6, 6.07) is 10.3. The topological polar surface area (TPSA) is 32.7 Å². The molecular formula is C11H14N2O. The molecular weight excluding hydrogens is 176 g/mol. The highest BCUT2D eigenvalue weighted by molar-refractivity contribution is 5.14. The third-order valence-electron chi connectivity index (χ3n) is 2.65. The van der Waals surface area contributed by atoms with Crippen LogP contribution in [0.2, 0.25) is 0 Å². The van der Waals surface area contributed by atoms with Crippen molar-refractivity contribution in [1.29, 1.82) is 0 Å². The van der Waals surface area contributed by atoms with E-state index in [1.165, 1.54) is 5.56 Å². The summed E-state index contributed by atoms with van der Waals surface area (Å²) in [5.41, 5.74) is 1.30. The number of nitrogens with zero attached hydrogens (tertiary/aromatic N) is 2. The summed E-state index contributed by atoms with van der Waals surface area (Å²) in [5, 5.41) is 3.09. The van der Waals surface area contributed by atoms with Crippen LogP contribution in [0.15, 0.2) is 35.5 Å². The average molecular weight is 190 g/mol. The fourth-order valence-electron chi connectivity index (χ4n) is 1.88. The summed E-state index contributed by atoms with van der Waals surface area (Å²) < 4.78 is 0. The van der Waals surface area contributed by atoms with E-state index in [1.54, 1.807) is 0 Å². The molecule has 0 aliphatic carbocycles. The lowest BCUT2D eigenvalue weighted by Gasteiger charge is -2.14. The molecule has 0 saturated carbocycles. The predicted molar refractivity (Wildman–Crippen MR) is 55.9 cm³/mol. The van der Waals surface area contributed by atoms with Gasteiger partial charge >= 0.3 is 0 Å². The summed E-state index contributed by atoms with van der Waals surface area (Å²) in [6.45, 7) is 2.75. The third kappa shape index (κ3) is 2.17. The van der Waals surface area contributed by atoms with Crippen molar-refractivity contribution < 1.29 is 0 Å². The van der Waals surface area contributed by atoms with E-state index in [-0.39, 0.29) is 6.04 Å². The number of hydrogen-bond donors (Lipinski definition) is 0. The van der Waals surface area contributed by atoms with Gasteiger partial charge in [-0.25, -0.2) is 0 Å². The molecule has 0 spiro atoms. The fourth-order valence-corrected chi connectivity index (χ4v) is 1.88. The van der Waals surface area contributed by atoms with Crippen molar-refractivity contribution in [2.24, 2.45) is 5.18 Å². The van der Waals surface area contributed by atoms with Gasteiger partial charge in [-0.3, -0.25) is 4.90 Å². The van der Waals surface area contributed by atoms with Crippen molar-refractivity contribution in [3.05, 3.63) is 40.8 Å². The summed E-state index contributed by atoms with van der Waals surface area (Å²) in [6.07, 6.45) is 0.913.